The number of benzene rings is 1. The highest BCUT2D eigenvalue weighted by Gasteiger charge is 1.91. The van der Waals surface area contributed by atoms with E-state index < -0.39 is 0 Å². The maximum Gasteiger partial charge on any atom is 0.0314 e. The molecule has 0 bridgehead atoms. The van der Waals surface area contributed by atoms with Gasteiger partial charge in [-0.05, 0) is 43.1 Å². The summed E-state index contributed by atoms with van der Waals surface area (Å²) in [6.07, 6.45) is 0. The molecular formula is C9H12N2S. The first-order valence-electron chi connectivity index (χ1n) is 3.62. The third kappa shape index (κ3) is 2.88. The molecule has 0 atom stereocenters. The molecular weight excluding hydrogens is 168 g/mol. The second kappa shape index (κ2) is 4.07. The van der Waals surface area contributed by atoms with E-state index in [0.717, 1.165) is 16.3 Å². The lowest BCUT2D eigenvalue weighted by molar-refractivity contribution is 1.21. The number of nitrogen functional groups attached to an aromatic ring is 1. The van der Waals surface area contributed by atoms with E-state index >= 15 is 0 Å². The molecule has 0 aliphatic heterocycles. The minimum absolute atomic E-state index is 0.787. The lowest BCUT2D eigenvalue weighted by atomic mass is 10.3. The molecule has 0 radical (unpaired) electrons. The summed E-state index contributed by atoms with van der Waals surface area (Å²) in [5.74, 6) is 0. The van der Waals surface area contributed by atoms with Crippen molar-refractivity contribution >= 4 is 17.6 Å². The van der Waals surface area contributed by atoms with E-state index in [4.69, 9.17) is 5.73 Å². The summed E-state index contributed by atoms with van der Waals surface area (Å²) in [6, 6.07) is 7.69. The van der Waals surface area contributed by atoms with Crippen LogP contribution in [0.3, 0.4) is 0 Å². The third-order valence-corrected chi connectivity index (χ3v) is 2.18. The molecule has 0 aliphatic rings. The van der Waals surface area contributed by atoms with E-state index in [0.29, 0.717) is 0 Å². The Balaban J connectivity index is 2.53. The molecule has 0 amide bonds. The summed E-state index contributed by atoms with van der Waals surface area (Å²) >= 11 is 1.53. The number of hydrogen-bond donors (Lipinski definition) is 2. The van der Waals surface area contributed by atoms with Crippen LogP contribution in [0.2, 0.25) is 0 Å². The van der Waals surface area contributed by atoms with Crippen molar-refractivity contribution in [2.45, 2.75) is 11.8 Å². The highest BCUT2D eigenvalue weighted by atomic mass is 32.2. The number of nitrogens with one attached hydrogen (secondary N) is 1. The van der Waals surface area contributed by atoms with Gasteiger partial charge in [-0.1, -0.05) is 6.58 Å². The Hall–Kier alpha value is -1.09. The van der Waals surface area contributed by atoms with Gasteiger partial charge in [-0.15, -0.1) is 0 Å². The van der Waals surface area contributed by atoms with Crippen molar-refractivity contribution in [3.8, 4) is 0 Å². The number of allylic oxidation sites excluding steroid dienone is 1. The molecule has 0 heterocycles. The topological polar surface area (TPSA) is 38.0 Å². The molecule has 1 aromatic rings. The smallest absolute Gasteiger partial charge is 0.0314 e. The molecule has 12 heavy (non-hydrogen) atoms. The molecule has 64 valence electrons. The Morgan fingerprint density at radius 3 is 2.50 bits per heavy atom. The van der Waals surface area contributed by atoms with Gasteiger partial charge >= 0.3 is 0 Å². The lowest BCUT2D eigenvalue weighted by Crippen LogP contribution is -1.96. The van der Waals surface area contributed by atoms with Gasteiger partial charge < -0.3 is 10.5 Å². The van der Waals surface area contributed by atoms with Crippen LogP contribution in [0.1, 0.15) is 6.92 Å². The average Bonchev–Trinajstić information content (AvgIpc) is 2.03. The molecule has 0 saturated heterocycles. The van der Waals surface area contributed by atoms with E-state index in [1.807, 2.05) is 31.2 Å². The summed E-state index contributed by atoms with van der Waals surface area (Å²) in [5, 5.41) is 0. The largest absolute Gasteiger partial charge is 0.399 e. The van der Waals surface area contributed by atoms with E-state index in [1.165, 1.54) is 11.9 Å². The van der Waals surface area contributed by atoms with Crippen LogP contribution in [0.15, 0.2) is 41.4 Å². The SMILES string of the molecule is C=C(C)NSc1ccc(N)cc1. The Morgan fingerprint density at radius 2 is 2.00 bits per heavy atom. The summed E-state index contributed by atoms with van der Waals surface area (Å²) in [7, 11) is 0. The first-order chi connectivity index (χ1) is 5.68. The predicted molar refractivity (Wildman–Crippen MR) is 54.7 cm³/mol. The second-order valence-corrected chi connectivity index (χ2v) is 3.43. The molecule has 0 saturated carbocycles. The zero-order chi connectivity index (χ0) is 8.97. The quantitative estimate of drug-likeness (QED) is 0.554. The van der Waals surface area contributed by atoms with Gasteiger partial charge in [0.05, 0.1) is 0 Å². The van der Waals surface area contributed by atoms with Gasteiger partial charge in [0.15, 0.2) is 0 Å². The standard InChI is InChI=1S/C9H12N2S/c1-7(2)11-12-9-5-3-8(10)4-6-9/h3-6,11H,1,10H2,2H3. The van der Waals surface area contributed by atoms with Crippen LogP contribution in [0.4, 0.5) is 5.69 Å². The first-order valence-corrected chi connectivity index (χ1v) is 4.44. The maximum atomic E-state index is 5.54. The number of nitrogens with two attached hydrogens (primary N) is 1. The molecule has 2 nitrogen and oxygen atoms in total. The van der Waals surface area contributed by atoms with Crippen LogP contribution in [-0.2, 0) is 0 Å². The highest BCUT2D eigenvalue weighted by molar-refractivity contribution is 7.97. The number of hydrogen-bond acceptors (Lipinski definition) is 3. The van der Waals surface area contributed by atoms with Crippen molar-refractivity contribution in [3.05, 3.63) is 36.5 Å². The van der Waals surface area contributed by atoms with Gasteiger partial charge in [0, 0.05) is 16.3 Å². The van der Waals surface area contributed by atoms with Gasteiger partial charge in [0.25, 0.3) is 0 Å². The highest BCUT2D eigenvalue weighted by Crippen LogP contribution is 2.16. The molecule has 3 N–H and O–H groups in total. The molecule has 1 aromatic carbocycles. The predicted octanol–water partition coefficient (Wildman–Crippen LogP) is 2.40. The average molecular weight is 180 g/mol. The summed E-state index contributed by atoms with van der Waals surface area (Å²) in [6.45, 7) is 5.65. The molecule has 0 aliphatic carbocycles. The summed E-state index contributed by atoms with van der Waals surface area (Å²) in [5.41, 5.74) is 7.26. The first kappa shape index (κ1) is 9.00. The Kier molecular flexibility index (Phi) is 3.05. The molecule has 0 aromatic heterocycles. The fourth-order valence-electron chi connectivity index (χ4n) is 0.682. The monoisotopic (exact) mass is 180 g/mol. The van der Waals surface area contributed by atoms with E-state index in [9.17, 15) is 0 Å². The van der Waals surface area contributed by atoms with Crippen molar-refractivity contribution in [2.24, 2.45) is 0 Å². The van der Waals surface area contributed by atoms with Crippen LogP contribution < -0.4 is 10.5 Å². The molecule has 1 rings (SSSR count). The number of anilines is 1. The Bertz CT molecular complexity index is 266. The van der Waals surface area contributed by atoms with Crippen molar-refractivity contribution in [2.75, 3.05) is 5.73 Å². The molecule has 0 unspecified atom stereocenters. The van der Waals surface area contributed by atoms with E-state index in [-0.39, 0.29) is 0 Å². The van der Waals surface area contributed by atoms with Crippen molar-refractivity contribution in [1.29, 1.82) is 0 Å². The van der Waals surface area contributed by atoms with Crippen LogP contribution in [0.25, 0.3) is 0 Å². The number of rotatable bonds is 3. The Labute approximate surface area is 77.0 Å². The fraction of sp³-hybridized carbons (Fsp3) is 0.111. The van der Waals surface area contributed by atoms with Crippen molar-refractivity contribution in [3.63, 3.8) is 0 Å². The third-order valence-electron chi connectivity index (χ3n) is 1.22. The molecule has 0 fully saturated rings. The van der Waals surface area contributed by atoms with Crippen LogP contribution in [0, 0.1) is 0 Å². The van der Waals surface area contributed by atoms with E-state index in [1.54, 1.807) is 0 Å². The van der Waals surface area contributed by atoms with Crippen LogP contribution in [-0.4, -0.2) is 0 Å². The zero-order valence-corrected chi connectivity index (χ0v) is 7.82. The van der Waals surface area contributed by atoms with Gasteiger partial charge in [-0.25, -0.2) is 0 Å². The summed E-state index contributed by atoms with van der Waals surface area (Å²) < 4.78 is 3.06. The van der Waals surface area contributed by atoms with Crippen molar-refractivity contribution < 1.29 is 0 Å². The maximum absolute atomic E-state index is 5.54. The summed E-state index contributed by atoms with van der Waals surface area (Å²) in [4.78, 5) is 1.13. The second-order valence-electron chi connectivity index (χ2n) is 2.55. The van der Waals surface area contributed by atoms with Gasteiger partial charge in [-0.2, -0.15) is 0 Å². The lowest BCUT2D eigenvalue weighted by Gasteiger charge is -2.03. The van der Waals surface area contributed by atoms with Crippen LogP contribution in [0.5, 0.6) is 0 Å². The normalized spacial score (nSPS) is 9.42. The van der Waals surface area contributed by atoms with Gasteiger partial charge in [0.1, 0.15) is 0 Å². The van der Waals surface area contributed by atoms with E-state index in [2.05, 4.69) is 11.3 Å². The molecule has 0 spiro atoms. The van der Waals surface area contributed by atoms with Crippen LogP contribution >= 0.6 is 11.9 Å². The van der Waals surface area contributed by atoms with Crippen molar-refractivity contribution in [1.82, 2.24) is 4.72 Å². The Morgan fingerprint density at radius 1 is 1.42 bits per heavy atom. The molecule has 3 heteroatoms. The van der Waals surface area contributed by atoms with Gasteiger partial charge in [-0.3, -0.25) is 0 Å². The minimum Gasteiger partial charge on any atom is -0.399 e. The van der Waals surface area contributed by atoms with Gasteiger partial charge in [0.2, 0.25) is 0 Å². The minimum atomic E-state index is 0.787. The fourth-order valence-corrected chi connectivity index (χ4v) is 1.25. The zero-order valence-electron chi connectivity index (χ0n) is 7.00.